The first-order valence-corrected chi connectivity index (χ1v) is 18.5. The molecule has 310 valence electrons. The van der Waals surface area contributed by atoms with Crippen molar-refractivity contribution in [2.45, 2.75) is 25.3 Å². The molecule has 3 N–H and O–H groups in total. The number of nitrogens with zero attached hydrogens (tertiary/aromatic N) is 1. The number of carbonyl (C=O) groups excluding carboxylic acids is 4. The maximum Gasteiger partial charge on any atom is 0.305 e. The van der Waals surface area contributed by atoms with Gasteiger partial charge in [0.05, 0.1) is 150 Å². The summed E-state index contributed by atoms with van der Waals surface area (Å²) < 4.78 is 54.2. The molecule has 2 aliphatic rings. The smallest absolute Gasteiger partial charge is 0.305 e. The molecule has 4 amide bonds. The standard InChI is InChI=1S/C36H55N3O16/c40-31-5-4-30(34(43)38-31)39-35(44)28-2-1-3-29(33(28)36(39)45)37-7-9-47-11-13-49-15-17-51-19-21-53-23-25-55-27-26-54-24-22-52-20-18-50-16-14-48-12-10-46-8-6-32(41)42/h1-3,30,37H,4-27H2,(H,41,42)(H,38,40,43). The highest BCUT2D eigenvalue weighted by Gasteiger charge is 2.45. The molecule has 1 saturated heterocycles. The van der Waals surface area contributed by atoms with Crippen molar-refractivity contribution in [2.75, 3.05) is 144 Å². The molecule has 1 unspecified atom stereocenters. The molecule has 0 aliphatic carbocycles. The van der Waals surface area contributed by atoms with Gasteiger partial charge in [-0.2, -0.15) is 0 Å². The fourth-order valence-corrected chi connectivity index (χ4v) is 5.16. The summed E-state index contributed by atoms with van der Waals surface area (Å²) in [6.07, 6.45) is 0.145. The van der Waals surface area contributed by atoms with E-state index in [0.717, 1.165) is 4.90 Å². The van der Waals surface area contributed by atoms with Crippen LogP contribution in [0.1, 0.15) is 40.0 Å². The van der Waals surface area contributed by atoms with E-state index in [1.807, 2.05) is 0 Å². The molecule has 0 radical (unpaired) electrons. The largest absolute Gasteiger partial charge is 0.481 e. The molecule has 0 bridgehead atoms. The Bertz CT molecular complexity index is 1300. The van der Waals surface area contributed by atoms with E-state index in [-0.39, 0.29) is 37.0 Å². The van der Waals surface area contributed by atoms with Crippen molar-refractivity contribution >= 4 is 35.3 Å². The van der Waals surface area contributed by atoms with Gasteiger partial charge in [0.2, 0.25) is 11.8 Å². The third-order valence-electron chi connectivity index (χ3n) is 7.84. The number of ether oxygens (including phenoxy) is 10. The van der Waals surface area contributed by atoms with Crippen LogP contribution >= 0.6 is 0 Å². The van der Waals surface area contributed by atoms with Crippen LogP contribution in [-0.2, 0) is 61.8 Å². The number of fused-ring (bicyclic) bond motifs is 1. The van der Waals surface area contributed by atoms with Crippen LogP contribution in [0.4, 0.5) is 5.69 Å². The number of piperidine rings is 1. The average molecular weight is 786 g/mol. The Hall–Kier alpha value is -3.63. The highest BCUT2D eigenvalue weighted by molar-refractivity contribution is 6.25. The van der Waals surface area contributed by atoms with Crippen LogP contribution in [0.15, 0.2) is 18.2 Å². The van der Waals surface area contributed by atoms with Gasteiger partial charge in [-0.05, 0) is 18.6 Å². The highest BCUT2D eigenvalue weighted by atomic mass is 16.6. The number of amides is 4. The van der Waals surface area contributed by atoms with Crippen molar-refractivity contribution in [3.05, 3.63) is 29.3 Å². The van der Waals surface area contributed by atoms with Crippen LogP contribution in [0.5, 0.6) is 0 Å². The molecule has 19 nitrogen and oxygen atoms in total. The summed E-state index contributed by atoms with van der Waals surface area (Å²) in [6.45, 7) is 8.58. The molecule has 1 atom stereocenters. The first-order chi connectivity index (χ1) is 26.9. The maximum atomic E-state index is 13.1. The lowest BCUT2D eigenvalue weighted by molar-refractivity contribution is -0.138. The molecule has 19 heteroatoms. The van der Waals surface area contributed by atoms with Crippen LogP contribution in [0, 0.1) is 0 Å². The van der Waals surface area contributed by atoms with Crippen molar-refractivity contribution in [2.24, 2.45) is 0 Å². The van der Waals surface area contributed by atoms with E-state index in [9.17, 15) is 24.0 Å². The third-order valence-corrected chi connectivity index (χ3v) is 7.84. The van der Waals surface area contributed by atoms with Gasteiger partial charge in [-0.25, -0.2) is 0 Å². The quantitative estimate of drug-likeness (QED) is 0.0615. The maximum absolute atomic E-state index is 13.1. The number of imide groups is 2. The van der Waals surface area contributed by atoms with Gasteiger partial charge in [-0.3, -0.25) is 34.2 Å². The Morgan fingerprint density at radius 1 is 0.618 bits per heavy atom. The van der Waals surface area contributed by atoms with Gasteiger partial charge in [-0.1, -0.05) is 6.07 Å². The SMILES string of the molecule is O=C(O)CCOCCOCCOCCOCCOCCOCCOCCOCCOCCOCCNc1cccc2c1C(=O)N(C1CCC(=O)NC1=O)C2=O. The Labute approximate surface area is 320 Å². The molecule has 0 spiro atoms. The summed E-state index contributed by atoms with van der Waals surface area (Å²) in [6, 6.07) is 3.88. The fourth-order valence-electron chi connectivity index (χ4n) is 5.16. The molecule has 1 fully saturated rings. The van der Waals surface area contributed by atoms with Gasteiger partial charge in [0.15, 0.2) is 0 Å². The number of anilines is 1. The molecule has 1 aromatic rings. The number of benzene rings is 1. The van der Waals surface area contributed by atoms with Gasteiger partial charge in [0.25, 0.3) is 11.8 Å². The van der Waals surface area contributed by atoms with Crippen molar-refractivity contribution in [1.82, 2.24) is 10.2 Å². The van der Waals surface area contributed by atoms with Crippen LogP contribution in [0.2, 0.25) is 0 Å². The fraction of sp³-hybridized carbons (Fsp3) is 0.694. The summed E-state index contributed by atoms with van der Waals surface area (Å²) >= 11 is 0. The van der Waals surface area contributed by atoms with E-state index >= 15 is 0 Å². The van der Waals surface area contributed by atoms with Crippen LogP contribution in [-0.4, -0.2) is 184 Å². The Morgan fingerprint density at radius 3 is 1.45 bits per heavy atom. The highest BCUT2D eigenvalue weighted by Crippen LogP contribution is 2.32. The second kappa shape index (κ2) is 28.7. The van der Waals surface area contributed by atoms with E-state index < -0.39 is 35.6 Å². The summed E-state index contributed by atoms with van der Waals surface area (Å²) in [4.78, 5) is 61.2. The van der Waals surface area contributed by atoms with Gasteiger partial charge < -0.3 is 57.8 Å². The van der Waals surface area contributed by atoms with Crippen molar-refractivity contribution < 1.29 is 76.4 Å². The summed E-state index contributed by atoms with van der Waals surface area (Å²) in [5.74, 6) is -3.07. The number of hydrogen-bond donors (Lipinski definition) is 3. The average Bonchev–Trinajstić information content (AvgIpc) is 3.42. The van der Waals surface area contributed by atoms with Crippen molar-refractivity contribution in [3.8, 4) is 0 Å². The minimum atomic E-state index is -1.02. The number of nitrogens with one attached hydrogen (secondary N) is 2. The van der Waals surface area contributed by atoms with Crippen molar-refractivity contribution in [3.63, 3.8) is 0 Å². The van der Waals surface area contributed by atoms with Crippen LogP contribution < -0.4 is 10.6 Å². The molecular weight excluding hydrogens is 730 g/mol. The molecule has 1 aromatic carbocycles. The normalized spacial score (nSPS) is 15.5. The van der Waals surface area contributed by atoms with Gasteiger partial charge in [0, 0.05) is 18.7 Å². The second-order valence-corrected chi connectivity index (χ2v) is 11.9. The Morgan fingerprint density at radius 2 is 1.04 bits per heavy atom. The summed E-state index contributed by atoms with van der Waals surface area (Å²) in [7, 11) is 0. The molecule has 0 saturated carbocycles. The van der Waals surface area contributed by atoms with E-state index in [4.69, 9.17) is 52.5 Å². The summed E-state index contributed by atoms with van der Waals surface area (Å²) in [5.41, 5.74) is 0.891. The zero-order valence-electron chi connectivity index (χ0n) is 31.3. The monoisotopic (exact) mass is 785 g/mol. The molecule has 2 aliphatic heterocycles. The molecule has 2 heterocycles. The van der Waals surface area contributed by atoms with Gasteiger partial charge in [0.1, 0.15) is 6.04 Å². The molecule has 0 aromatic heterocycles. The van der Waals surface area contributed by atoms with Crippen LogP contribution in [0.3, 0.4) is 0 Å². The minimum Gasteiger partial charge on any atom is -0.481 e. The Kier molecular flexibility index (Phi) is 23.9. The van der Waals surface area contributed by atoms with Gasteiger partial charge >= 0.3 is 5.97 Å². The number of hydrogen-bond acceptors (Lipinski definition) is 16. The first-order valence-electron chi connectivity index (χ1n) is 18.5. The van der Waals surface area contributed by atoms with Gasteiger partial charge in [-0.15, -0.1) is 0 Å². The van der Waals surface area contributed by atoms with E-state index in [0.29, 0.717) is 138 Å². The number of aliphatic carboxylic acids is 1. The predicted molar refractivity (Wildman–Crippen MR) is 192 cm³/mol. The number of carboxylic acid groups (broad SMARTS) is 1. The molecule has 3 rings (SSSR count). The van der Waals surface area contributed by atoms with E-state index in [1.165, 1.54) is 0 Å². The first kappa shape index (κ1) is 45.8. The zero-order valence-corrected chi connectivity index (χ0v) is 31.3. The molecule has 55 heavy (non-hydrogen) atoms. The number of carboxylic acids is 1. The van der Waals surface area contributed by atoms with E-state index in [2.05, 4.69) is 10.6 Å². The lowest BCUT2D eigenvalue weighted by Gasteiger charge is -2.27. The Balaban J connectivity index is 1.01. The molecular formula is C36H55N3O16. The topological polar surface area (TPSA) is 225 Å². The number of rotatable bonds is 35. The second-order valence-electron chi connectivity index (χ2n) is 11.9. The van der Waals surface area contributed by atoms with Crippen molar-refractivity contribution in [1.29, 1.82) is 0 Å². The lowest BCUT2D eigenvalue weighted by atomic mass is 10.0. The predicted octanol–water partition coefficient (Wildman–Crippen LogP) is 0.140. The van der Waals surface area contributed by atoms with Crippen LogP contribution in [0.25, 0.3) is 0 Å². The third kappa shape index (κ3) is 18.7. The van der Waals surface area contributed by atoms with E-state index in [1.54, 1.807) is 18.2 Å². The lowest BCUT2D eigenvalue weighted by Crippen LogP contribution is -2.54. The minimum absolute atomic E-state index is 0.0154. The number of carbonyl (C=O) groups is 5. The summed E-state index contributed by atoms with van der Waals surface area (Å²) in [5, 5.41) is 13.8. The zero-order chi connectivity index (χ0) is 39.4.